The van der Waals surface area contributed by atoms with Crippen LogP contribution in [0.1, 0.15) is 18.1 Å². The van der Waals surface area contributed by atoms with Crippen molar-refractivity contribution < 1.29 is 24.4 Å². The molecular weight excluding hydrogens is 366 g/mol. The summed E-state index contributed by atoms with van der Waals surface area (Å²) >= 11 is 0. The minimum atomic E-state index is -1.19. The number of rotatable bonds is 6. The van der Waals surface area contributed by atoms with Gasteiger partial charge in [-0.3, -0.25) is 4.57 Å². The Balaban J connectivity index is 1.49. The van der Waals surface area contributed by atoms with Crippen molar-refractivity contribution in [2.45, 2.75) is 30.8 Å². The fraction of sp³-hybridized carbons (Fsp3) is 0.389. The molecule has 10 nitrogen and oxygen atoms in total. The topological polar surface area (TPSA) is 138 Å². The summed E-state index contributed by atoms with van der Waals surface area (Å²) in [6, 6.07) is 9.40. The number of nitrogens with zero attached hydrogens (tertiary/aromatic N) is 4. The van der Waals surface area contributed by atoms with E-state index in [0.717, 1.165) is 5.56 Å². The highest BCUT2D eigenvalue weighted by atomic mass is 16.7. The lowest BCUT2D eigenvalue weighted by Crippen LogP contribution is -2.34. The van der Waals surface area contributed by atoms with Crippen molar-refractivity contribution in [1.29, 1.82) is 0 Å². The zero-order chi connectivity index (χ0) is 19.7. The summed E-state index contributed by atoms with van der Waals surface area (Å²) < 4.78 is 18.5. The quantitative estimate of drug-likeness (QED) is 0.513. The smallest absolute Gasteiger partial charge is 0.183 e. The van der Waals surface area contributed by atoms with Gasteiger partial charge in [0.05, 0.1) is 12.9 Å². The van der Waals surface area contributed by atoms with Gasteiger partial charge in [0.25, 0.3) is 0 Å². The molecule has 1 aliphatic heterocycles. The van der Waals surface area contributed by atoms with Gasteiger partial charge in [-0.1, -0.05) is 30.3 Å². The third-order valence-electron chi connectivity index (χ3n) is 4.70. The number of fused-ring (bicyclic) bond motifs is 1. The molecule has 0 saturated carbocycles. The fourth-order valence-electron chi connectivity index (χ4n) is 3.25. The minimum absolute atomic E-state index is 0.0197. The number of aliphatic hydroxyl groups excluding tert-OH is 2. The maximum atomic E-state index is 10.5. The number of benzene rings is 1. The van der Waals surface area contributed by atoms with E-state index >= 15 is 0 Å². The number of nitrogens with two attached hydrogens (primary N) is 1. The zero-order valence-corrected chi connectivity index (χ0v) is 15.1. The number of nitrogen functional groups attached to an aromatic ring is 1. The first kappa shape index (κ1) is 18.7. The number of anilines is 1. The molecule has 1 fully saturated rings. The Morgan fingerprint density at radius 3 is 2.71 bits per heavy atom. The molecule has 1 aromatic carbocycles. The second-order valence-corrected chi connectivity index (χ2v) is 6.44. The molecule has 1 aliphatic rings. The standard InChI is InChI=1S/C18H21N5O5/c1-26-18(10-5-3-2-4-6-10)27-7-11-13(24)14(25)17(28-11)23-9-22-12-15(19)20-8-21-16(12)23/h2-6,8-9,11,13-14,17-18,24-25H,7H2,1H3,(H2,19,20,21)/t11-,13-,14-,17-,18?/m1/s1. The number of aromatic nitrogens is 4. The van der Waals surface area contributed by atoms with E-state index < -0.39 is 30.8 Å². The maximum absolute atomic E-state index is 10.5. The lowest BCUT2D eigenvalue weighted by Gasteiger charge is -2.20. The van der Waals surface area contributed by atoms with E-state index in [4.69, 9.17) is 19.9 Å². The van der Waals surface area contributed by atoms with Gasteiger partial charge < -0.3 is 30.2 Å². The number of hydrogen-bond donors (Lipinski definition) is 3. The lowest BCUT2D eigenvalue weighted by atomic mass is 10.1. The molecular formula is C18H21N5O5. The molecule has 5 atom stereocenters. The Morgan fingerprint density at radius 2 is 1.96 bits per heavy atom. The normalized spacial score (nSPS) is 26.0. The van der Waals surface area contributed by atoms with Gasteiger partial charge in [0.1, 0.15) is 30.2 Å². The fourth-order valence-corrected chi connectivity index (χ4v) is 3.25. The van der Waals surface area contributed by atoms with E-state index in [-0.39, 0.29) is 12.4 Å². The molecule has 0 bridgehead atoms. The van der Waals surface area contributed by atoms with Gasteiger partial charge in [-0.15, -0.1) is 0 Å². The number of aliphatic hydroxyl groups is 2. The first-order valence-electron chi connectivity index (χ1n) is 8.74. The van der Waals surface area contributed by atoms with Crippen molar-refractivity contribution >= 4 is 17.0 Å². The summed E-state index contributed by atoms with van der Waals surface area (Å²) in [7, 11) is 1.53. The molecule has 0 spiro atoms. The van der Waals surface area contributed by atoms with Crippen LogP contribution in [0, 0.1) is 0 Å². The van der Waals surface area contributed by atoms with Crippen LogP contribution in [0.2, 0.25) is 0 Å². The predicted octanol–water partition coefficient (Wildman–Crippen LogP) is 0.389. The third kappa shape index (κ3) is 3.32. The molecule has 28 heavy (non-hydrogen) atoms. The Kier molecular flexibility index (Phi) is 5.20. The van der Waals surface area contributed by atoms with Crippen molar-refractivity contribution in [2.75, 3.05) is 19.5 Å². The molecule has 10 heteroatoms. The molecule has 4 N–H and O–H groups in total. The maximum Gasteiger partial charge on any atom is 0.183 e. The molecule has 4 rings (SSSR count). The average molecular weight is 387 g/mol. The van der Waals surface area contributed by atoms with E-state index in [0.29, 0.717) is 11.2 Å². The highest BCUT2D eigenvalue weighted by Crippen LogP contribution is 2.32. The Hall–Kier alpha value is -2.63. The Morgan fingerprint density at radius 1 is 1.18 bits per heavy atom. The summed E-state index contributed by atoms with van der Waals surface area (Å²) in [4.78, 5) is 12.2. The van der Waals surface area contributed by atoms with Crippen molar-refractivity contribution in [1.82, 2.24) is 19.5 Å². The predicted molar refractivity (Wildman–Crippen MR) is 97.8 cm³/mol. The second kappa shape index (κ2) is 7.78. The van der Waals surface area contributed by atoms with Gasteiger partial charge >= 0.3 is 0 Å². The number of imidazole rings is 1. The van der Waals surface area contributed by atoms with Gasteiger partial charge in [0.2, 0.25) is 0 Å². The van der Waals surface area contributed by atoms with Crippen LogP contribution in [0.15, 0.2) is 43.0 Å². The number of hydrogen-bond acceptors (Lipinski definition) is 9. The largest absolute Gasteiger partial charge is 0.387 e. The van der Waals surface area contributed by atoms with Crippen molar-refractivity contribution in [2.24, 2.45) is 0 Å². The molecule has 0 aliphatic carbocycles. The van der Waals surface area contributed by atoms with Crippen LogP contribution in [0.5, 0.6) is 0 Å². The molecule has 0 amide bonds. The average Bonchev–Trinajstić information content (AvgIpc) is 3.26. The van der Waals surface area contributed by atoms with Crippen LogP contribution < -0.4 is 5.73 Å². The number of ether oxygens (including phenoxy) is 3. The van der Waals surface area contributed by atoms with E-state index in [9.17, 15) is 10.2 Å². The van der Waals surface area contributed by atoms with Crippen molar-refractivity contribution in [3.63, 3.8) is 0 Å². The van der Waals surface area contributed by atoms with Gasteiger partial charge in [-0.25, -0.2) is 15.0 Å². The van der Waals surface area contributed by atoms with Gasteiger partial charge in [-0.2, -0.15) is 0 Å². The molecule has 1 unspecified atom stereocenters. The van der Waals surface area contributed by atoms with E-state index in [2.05, 4.69) is 15.0 Å². The van der Waals surface area contributed by atoms with E-state index in [1.165, 1.54) is 24.3 Å². The summed E-state index contributed by atoms with van der Waals surface area (Å²) in [5.74, 6) is 0.225. The molecule has 3 heterocycles. The lowest BCUT2D eigenvalue weighted by molar-refractivity contribution is -0.161. The van der Waals surface area contributed by atoms with E-state index in [1.807, 2.05) is 30.3 Å². The SMILES string of the molecule is COC(OC[C@H]1O[C@@H](n2cnc3c(N)ncnc32)[C@H](O)[C@@H]1O)c1ccccc1. The van der Waals surface area contributed by atoms with Crippen LogP contribution in [-0.2, 0) is 14.2 Å². The molecule has 0 radical (unpaired) electrons. The molecule has 148 valence electrons. The van der Waals surface area contributed by atoms with Gasteiger partial charge in [0.15, 0.2) is 24.0 Å². The summed E-state index contributed by atoms with van der Waals surface area (Å²) in [6.45, 7) is 0.0197. The van der Waals surface area contributed by atoms with Crippen LogP contribution in [-0.4, -0.2) is 61.8 Å². The van der Waals surface area contributed by atoms with Crippen LogP contribution in [0.4, 0.5) is 5.82 Å². The monoisotopic (exact) mass is 387 g/mol. The second-order valence-electron chi connectivity index (χ2n) is 6.44. The molecule has 2 aromatic heterocycles. The third-order valence-corrected chi connectivity index (χ3v) is 4.70. The minimum Gasteiger partial charge on any atom is -0.387 e. The molecule has 1 saturated heterocycles. The summed E-state index contributed by atoms with van der Waals surface area (Å²) in [5, 5.41) is 20.9. The highest BCUT2D eigenvalue weighted by Gasteiger charge is 2.44. The van der Waals surface area contributed by atoms with Crippen LogP contribution >= 0.6 is 0 Å². The Labute approximate surface area is 160 Å². The van der Waals surface area contributed by atoms with Crippen molar-refractivity contribution in [3.05, 3.63) is 48.5 Å². The molecule has 3 aromatic rings. The van der Waals surface area contributed by atoms with Crippen LogP contribution in [0.3, 0.4) is 0 Å². The van der Waals surface area contributed by atoms with Gasteiger partial charge in [0, 0.05) is 12.7 Å². The highest BCUT2D eigenvalue weighted by molar-refractivity contribution is 5.81. The Bertz CT molecular complexity index is 937. The zero-order valence-electron chi connectivity index (χ0n) is 15.1. The summed E-state index contributed by atoms with van der Waals surface area (Å²) in [6.07, 6.45) is -1.87. The van der Waals surface area contributed by atoms with E-state index in [1.54, 1.807) is 0 Å². The van der Waals surface area contributed by atoms with Gasteiger partial charge in [-0.05, 0) is 0 Å². The van der Waals surface area contributed by atoms with Crippen molar-refractivity contribution in [3.8, 4) is 0 Å². The first-order chi connectivity index (χ1) is 13.6. The van der Waals surface area contributed by atoms with Crippen LogP contribution in [0.25, 0.3) is 11.2 Å². The first-order valence-corrected chi connectivity index (χ1v) is 8.74. The summed E-state index contributed by atoms with van der Waals surface area (Å²) in [5.41, 5.74) is 7.44. The number of methoxy groups -OCH3 is 1.